The monoisotopic (exact) mass is 318 g/mol. The summed E-state index contributed by atoms with van der Waals surface area (Å²) in [6.45, 7) is 1.22. The third-order valence-corrected chi connectivity index (χ3v) is 6.17. The van der Waals surface area contributed by atoms with E-state index in [1.165, 1.54) is 4.31 Å². The van der Waals surface area contributed by atoms with Crippen molar-refractivity contribution in [1.82, 2.24) is 4.31 Å². The molecule has 1 aromatic carbocycles. The van der Waals surface area contributed by atoms with E-state index in [2.05, 4.69) is 0 Å². The minimum absolute atomic E-state index is 0.226. The highest BCUT2D eigenvalue weighted by Crippen LogP contribution is 2.24. The Morgan fingerprint density at radius 2 is 2.05 bits per heavy atom. The van der Waals surface area contributed by atoms with Gasteiger partial charge in [-0.2, -0.15) is 0 Å². The van der Waals surface area contributed by atoms with Crippen molar-refractivity contribution >= 4 is 27.3 Å². The largest absolute Gasteiger partial charge is 0.399 e. The molecule has 7 heteroatoms. The van der Waals surface area contributed by atoms with E-state index in [0.29, 0.717) is 42.3 Å². The van der Waals surface area contributed by atoms with Gasteiger partial charge in [-0.1, -0.05) is 11.6 Å². The van der Waals surface area contributed by atoms with Crippen LogP contribution in [-0.4, -0.2) is 38.2 Å². The van der Waals surface area contributed by atoms with Crippen LogP contribution in [0.4, 0.5) is 5.69 Å². The molecule has 1 heterocycles. The van der Waals surface area contributed by atoms with Crippen LogP contribution in [0.1, 0.15) is 18.4 Å². The Balaban J connectivity index is 2.14. The smallest absolute Gasteiger partial charge is 0.217 e. The van der Waals surface area contributed by atoms with E-state index in [0.717, 1.165) is 0 Å². The maximum absolute atomic E-state index is 12.5. The summed E-state index contributed by atoms with van der Waals surface area (Å²) >= 11 is 6.08. The zero-order valence-corrected chi connectivity index (χ0v) is 13.0. The molecule has 0 spiro atoms. The van der Waals surface area contributed by atoms with Gasteiger partial charge in [0.05, 0.1) is 5.25 Å². The number of ether oxygens (including phenoxy) is 1. The molecule has 1 aliphatic rings. The Labute approximate surface area is 124 Å². The van der Waals surface area contributed by atoms with Crippen LogP contribution in [0.15, 0.2) is 18.2 Å². The first-order valence-corrected chi connectivity index (χ1v) is 8.36. The lowest BCUT2D eigenvalue weighted by atomic mass is 10.2. The molecule has 1 saturated heterocycles. The summed E-state index contributed by atoms with van der Waals surface area (Å²) < 4.78 is 31.5. The van der Waals surface area contributed by atoms with Crippen LogP contribution in [0.5, 0.6) is 0 Å². The molecule has 0 unspecified atom stereocenters. The molecule has 2 N–H and O–H groups in total. The van der Waals surface area contributed by atoms with Crippen molar-refractivity contribution in [3.05, 3.63) is 28.8 Å². The molecular formula is C13H19ClN2O3S. The number of sulfonamides is 1. The molecule has 0 radical (unpaired) electrons. The average molecular weight is 319 g/mol. The maximum atomic E-state index is 12.5. The fourth-order valence-electron chi connectivity index (χ4n) is 2.27. The van der Waals surface area contributed by atoms with Crippen molar-refractivity contribution in [3.8, 4) is 0 Å². The zero-order valence-electron chi connectivity index (χ0n) is 11.4. The van der Waals surface area contributed by atoms with E-state index in [1.807, 2.05) is 0 Å². The van der Waals surface area contributed by atoms with Gasteiger partial charge >= 0.3 is 0 Å². The molecular weight excluding hydrogens is 300 g/mol. The third kappa shape index (κ3) is 3.44. The van der Waals surface area contributed by atoms with Gasteiger partial charge in [-0.05, 0) is 36.6 Å². The lowest BCUT2D eigenvalue weighted by Gasteiger charge is -2.27. The van der Waals surface area contributed by atoms with Crippen molar-refractivity contribution in [2.75, 3.05) is 26.0 Å². The molecule has 0 aliphatic carbocycles. The second-order valence-corrected chi connectivity index (χ2v) is 7.69. The Kier molecular flexibility index (Phi) is 4.90. The van der Waals surface area contributed by atoms with Gasteiger partial charge in [-0.25, -0.2) is 12.7 Å². The summed E-state index contributed by atoms with van der Waals surface area (Å²) in [5.74, 6) is 0. The second-order valence-electron chi connectivity index (χ2n) is 4.96. The number of halogens is 1. The van der Waals surface area contributed by atoms with E-state index < -0.39 is 10.0 Å². The molecule has 5 nitrogen and oxygen atoms in total. The highest BCUT2D eigenvalue weighted by molar-refractivity contribution is 7.89. The zero-order chi connectivity index (χ0) is 14.8. The quantitative estimate of drug-likeness (QED) is 0.860. The van der Waals surface area contributed by atoms with Crippen molar-refractivity contribution in [3.63, 3.8) is 0 Å². The number of rotatable bonds is 4. The Hall–Kier alpha value is -0.820. The lowest BCUT2D eigenvalue weighted by Crippen LogP contribution is -2.39. The Morgan fingerprint density at radius 3 is 2.70 bits per heavy atom. The number of nitrogens with zero attached hydrogens (tertiary/aromatic N) is 1. The maximum Gasteiger partial charge on any atom is 0.217 e. The van der Waals surface area contributed by atoms with Crippen molar-refractivity contribution < 1.29 is 13.2 Å². The highest BCUT2D eigenvalue weighted by Gasteiger charge is 2.31. The average Bonchev–Trinajstić information content (AvgIpc) is 2.43. The molecule has 0 bridgehead atoms. The summed E-state index contributed by atoms with van der Waals surface area (Å²) in [4.78, 5) is 0. The van der Waals surface area contributed by atoms with Crippen LogP contribution < -0.4 is 5.73 Å². The molecule has 112 valence electrons. The SMILES string of the molecule is CN(Cc1cc(N)ccc1Cl)S(=O)(=O)C1CCOCC1. The fraction of sp³-hybridized carbons (Fsp3) is 0.538. The molecule has 0 saturated carbocycles. The number of nitrogens with two attached hydrogens (primary N) is 1. The van der Waals surface area contributed by atoms with Crippen molar-refractivity contribution in [2.24, 2.45) is 0 Å². The summed E-state index contributed by atoms with van der Waals surface area (Å²) in [7, 11) is -1.76. The first kappa shape index (κ1) is 15.6. The third-order valence-electron chi connectivity index (χ3n) is 3.49. The van der Waals surface area contributed by atoms with Crippen LogP contribution in [0, 0.1) is 0 Å². The molecule has 20 heavy (non-hydrogen) atoms. The van der Waals surface area contributed by atoms with E-state index in [9.17, 15) is 8.42 Å². The molecule has 2 rings (SSSR count). The van der Waals surface area contributed by atoms with Crippen LogP contribution >= 0.6 is 11.6 Å². The topological polar surface area (TPSA) is 72.6 Å². The van der Waals surface area contributed by atoms with Gasteiger partial charge in [-0.3, -0.25) is 0 Å². The number of hydrogen-bond donors (Lipinski definition) is 1. The molecule has 1 fully saturated rings. The lowest BCUT2D eigenvalue weighted by molar-refractivity contribution is 0.0973. The number of benzene rings is 1. The minimum Gasteiger partial charge on any atom is -0.399 e. The molecule has 0 aromatic heterocycles. The number of nitrogen functional groups attached to an aromatic ring is 1. The van der Waals surface area contributed by atoms with Gasteiger partial charge in [0.25, 0.3) is 0 Å². The van der Waals surface area contributed by atoms with Crippen LogP contribution in [-0.2, 0) is 21.3 Å². The van der Waals surface area contributed by atoms with E-state index in [1.54, 1.807) is 25.2 Å². The van der Waals surface area contributed by atoms with E-state index >= 15 is 0 Å². The standard InChI is InChI=1S/C13H19ClN2O3S/c1-16(9-10-8-11(15)2-3-13(10)14)20(17,18)12-4-6-19-7-5-12/h2-3,8,12H,4-7,9,15H2,1H3. The summed E-state index contributed by atoms with van der Waals surface area (Å²) in [5, 5.41) is 0.148. The molecule has 1 aromatic rings. The molecule has 1 aliphatic heterocycles. The van der Waals surface area contributed by atoms with Crippen LogP contribution in [0.3, 0.4) is 0 Å². The molecule has 0 atom stereocenters. The minimum atomic E-state index is -3.34. The predicted octanol–water partition coefficient (Wildman–Crippen LogP) is 1.86. The Morgan fingerprint density at radius 1 is 1.40 bits per heavy atom. The van der Waals surface area contributed by atoms with Gasteiger partial charge in [0.2, 0.25) is 10.0 Å². The fourth-order valence-corrected chi connectivity index (χ4v) is 4.07. The van der Waals surface area contributed by atoms with Gasteiger partial charge in [-0.15, -0.1) is 0 Å². The summed E-state index contributed by atoms with van der Waals surface area (Å²) in [6, 6.07) is 5.08. The predicted molar refractivity (Wildman–Crippen MR) is 80.1 cm³/mol. The summed E-state index contributed by atoms with van der Waals surface area (Å²) in [6.07, 6.45) is 1.08. The Bertz CT molecular complexity index is 571. The van der Waals surface area contributed by atoms with Gasteiger partial charge < -0.3 is 10.5 Å². The first-order valence-electron chi connectivity index (χ1n) is 6.48. The molecule has 0 amide bonds. The number of hydrogen-bond acceptors (Lipinski definition) is 4. The van der Waals surface area contributed by atoms with Crippen molar-refractivity contribution in [1.29, 1.82) is 0 Å². The first-order chi connectivity index (χ1) is 9.41. The van der Waals surface area contributed by atoms with Crippen molar-refractivity contribution in [2.45, 2.75) is 24.6 Å². The van der Waals surface area contributed by atoms with Crippen LogP contribution in [0.25, 0.3) is 0 Å². The second kappa shape index (κ2) is 6.30. The van der Waals surface area contributed by atoms with E-state index in [-0.39, 0.29) is 11.8 Å². The van der Waals surface area contributed by atoms with Gasteiger partial charge in [0, 0.05) is 37.5 Å². The van der Waals surface area contributed by atoms with E-state index in [4.69, 9.17) is 22.1 Å². The number of anilines is 1. The summed E-state index contributed by atoms with van der Waals surface area (Å²) in [5.41, 5.74) is 7.00. The van der Waals surface area contributed by atoms with Gasteiger partial charge in [0.15, 0.2) is 0 Å². The van der Waals surface area contributed by atoms with Crippen LogP contribution in [0.2, 0.25) is 5.02 Å². The highest BCUT2D eigenvalue weighted by atomic mass is 35.5. The van der Waals surface area contributed by atoms with Gasteiger partial charge in [0.1, 0.15) is 0 Å². The normalized spacial score (nSPS) is 17.6.